The van der Waals surface area contributed by atoms with Crippen molar-refractivity contribution in [3.8, 4) is 0 Å². The molecule has 0 N–H and O–H groups in total. The van der Waals surface area contributed by atoms with Crippen LogP contribution in [0, 0.1) is 5.82 Å². The summed E-state index contributed by atoms with van der Waals surface area (Å²) in [6, 6.07) is 11.2. The molecule has 1 aliphatic heterocycles. The van der Waals surface area contributed by atoms with Gasteiger partial charge in [-0.1, -0.05) is 18.2 Å². The number of fused-ring (bicyclic) bond motifs is 3. The van der Waals surface area contributed by atoms with Crippen molar-refractivity contribution in [2.24, 2.45) is 0 Å². The number of para-hydroxylation sites is 1. The molecule has 9 heteroatoms. The zero-order chi connectivity index (χ0) is 20.2. The van der Waals surface area contributed by atoms with Gasteiger partial charge in [0.15, 0.2) is 0 Å². The lowest BCUT2D eigenvalue weighted by atomic mass is 10.1. The maximum atomic E-state index is 13.6. The number of pyridine rings is 2. The van der Waals surface area contributed by atoms with E-state index in [2.05, 4.69) is 9.97 Å². The molecule has 3 aromatic heterocycles. The molecule has 0 radical (unpaired) electrons. The lowest BCUT2D eigenvalue weighted by Gasteiger charge is -2.27. The van der Waals surface area contributed by atoms with Gasteiger partial charge in [0, 0.05) is 37.3 Å². The molecule has 0 aliphatic carbocycles. The van der Waals surface area contributed by atoms with Gasteiger partial charge in [-0.15, -0.1) is 0 Å². The van der Waals surface area contributed by atoms with Gasteiger partial charge in [-0.05, 0) is 24.3 Å². The van der Waals surface area contributed by atoms with Crippen molar-refractivity contribution in [2.45, 2.75) is 17.9 Å². The Labute approximate surface area is 165 Å². The molecule has 0 saturated heterocycles. The highest BCUT2D eigenvalue weighted by molar-refractivity contribution is 7.89. The molecular weight excluding hydrogens is 395 g/mol. The molecule has 1 aliphatic rings. The van der Waals surface area contributed by atoms with Crippen molar-refractivity contribution in [1.29, 1.82) is 0 Å². The summed E-state index contributed by atoms with van der Waals surface area (Å²) in [5, 5.41) is 0.717. The maximum absolute atomic E-state index is 13.6. The number of rotatable bonds is 2. The number of nitrogens with zero attached hydrogens (tertiary/aromatic N) is 4. The van der Waals surface area contributed by atoms with Crippen LogP contribution < -0.4 is 5.56 Å². The van der Waals surface area contributed by atoms with Crippen LogP contribution in [-0.2, 0) is 23.0 Å². The highest BCUT2D eigenvalue weighted by atomic mass is 32.2. The lowest BCUT2D eigenvalue weighted by molar-refractivity contribution is 0.385. The topological polar surface area (TPSA) is 84.6 Å². The second kappa shape index (κ2) is 6.43. The number of benzene rings is 1. The van der Waals surface area contributed by atoms with Crippen LogP contribution in [-0.4, -0.2) is 33.6 Å². The molecule has 1 aromatic carbocycles. The molecule has 0 spiro atoms. The summed E-state index contributed by atoms with van der Waals surface area (Å²) in [5.41, 5.74) is 1.07. The second-order valence-electron chi connectivity index (χ2n) is 6.84. The number of halogens is 1. The molecular formula is C20H15FN4O3S. The van der Waals surface area contributed by atoms with Crippen LogP contribution in [0.2, 0.25) is 0 Å². The van der Waals surface area contributed by atoms with Gasteiger partial charge in [-0.25, -0.2) is 17.8 Å². The minimum Gasteiger partial charge on any atom is -0.269 e. The summed E-state index contributed by atoms with van der Waals surface area (Å²) >= 11 is 0. The van der Waals surface area contributed by atoms with Crippen LogP contribution in [0.5, 0.6) is 0 Å². The maximum Gasteiger partial charge on any atom is 0.262 e. The minimum atomic E-state index is -3.89. The van der Waals surface area contributed by atoms with Gasteiger partial charge in [0.2, 0.25) is 10.0 Å². The molecule has 0 unspecified atom stereocenters. The predicted octanol–water partition coefficient (Wildman–Crippen LogP) is 2.13. The predicted molar refractivity (Wildman–Crippen MR) is 104 cm³/mol. The summed E-state index contributed by atoms with van der Waals surface area (Å²) < 4.78 is 42.6. The van der Waals surface area contributed by atoms with E-state index in [1.165, 1.54) is 22.5 Å². The highest BCUT2D eigenvalue weighted by Gasteiger charge is 2.32. The zero-order valence-corrected chi connectivity index (χ0v) is 15.9. The highest BCUT2D eigenvalue weighted by Crippen LogP contribution is 2.27. The fourth-order valence-electron chi connectivity index (χ4n) is 3.68. The average molecular weight is 410 g/mol. The van der Waals surface area contributed by atoms with E-state index in [1.807, 2.05) is 0 Å². The Morgan fingerprint density at radius 1 is 1.07 bits per heavy atom. The van der Waals surface area contributed by atoms with Crippen molar-refractivity contribution >= 4 is 26.6 Å². The first-order chi connectivity index (χ1) is 13.9. The first-order valence-corrected chi connectivity index (χ1v) is 10.4. The Morgan fingerprint density at radius 3 is 2.76 bits per heavy atom. The number of hydrogen-bond donors (Lipinski definition) is 0. The first kappa shape index (κ1) is 17.9. The van der Waals surface area contributed by atoms with Crippen LogP contribution >= 0.6 is 0 Å². The minimum absolute atomic E-state index is 0.0962. The normalized spacial score (nSPS) is 14.9. The Balaban J connectivity index is 1.62. The molecule has 0 fully saturated rings. The van der Waals surface area contributed by atoms with Gasteiger partial charge in [0.1, 0.15) is 16.4 Å². The first-order valence-electron chi connectivity index (χ1n) is 8.99. The molecule has 7 nitrogen and oxygen atoms in total. The molecule has 0 saturated carbocycles. The zero-order valence-electron chi connectivity index (χ0n) is 15.1. The van der Waals surface area contributed by atoms with Crippen LogP contribution in [0.1, 0.15) is 11.3 Å². The molecule has 4 aromatic rings. The van der Waals surface area contributed by atoms with Gasteiger partial charge in [0.25, 0.3) is 5.56 Å². The Bertz CT molecular complexity index is 1440. The van der Waals surface area contributed by atoms with Gasteiger partial charge in [0.05, 0.1) is 16.8 Å². The van der Waals surface area contributed by atoms with Gasteiger partial charge in [-0.3, -0.25) is 14.2 Å². The van der Waals surface area contributed by atoms with Crippen LogP contribution in [0.4, 0.5) is 4.39 Å². The van der Waals surface area contributed by atoms with E-state index in [0.717, 1.165) is 10.6 Å². The quantitative estimate of drug-likeness (QED) is 0.505. The van der Waals surface area contributed by atoms with Gasteiger partial charge < -0.3 is 0 Å². The molecule has 0 atom stereocenters. The average Bonchev–Trinajstić information content (AvgIpc) is 2.74. The number of hydrogen-bond acceptors (Lipinski definition) is 5. The molecule has 146 valence electrons. The third-order valence-corrected chi connectivity index (χ3v) is 6.99. The van der Waals surface area contributed by atoms with E-state index in [-0.39, 0.29) is 23.5 Å². The summed E-state index contributed by atoms with van der Waals surface area (Å²) in [4.78, 5) is 21.6. The van der Waals surface area contributed by atoms with Gasteiger partial charge >= 0.3 is 0 Å². The van der Waals surface area contributed by atoms with E-state index in [0.29, 0.717) is 28.7 Å². The fourth-order valence-corrected chi connectivity index (χ4v) is 5.25. The molecule has 0 bridgehead atoms. The Hall–Kier alpha value is -3.17. The summed E-state index contributed by atoms with van der Waals surface area (Å²) in [6.07, 6.45) is 2.91. The second-order valence-corrected chi connectivity index (χ2v) is 8.74. The summed E-state index contributed by atoms with van der Waals surface area (Å²) in [5.74, 6) is -0.566. The van der Waals surface area contributed by atoms with E-state index in [4.69, 9.17) is 0 Å². The summed E-state index contributed by atoms with van der Waals surface area (Å²) in [7, 11) is -3.89. The van der Waals surface area contributed by atoms with Gasteiger partial charge in [-0.2, -0.15) is 4.31 Å². The molecule has 0 amide bonds. The fraction of sp³-hybridized carbons (Fsp3) is 0.150. The number of sulfonamides is 1. The van der Waals surface area contributed by atoms with Crippen LogP contribution in [0.15, 0.2) is 64.5 Å². The van der Waals surface area contributed by atoms with E-state index >= 15 is 0 Å². The monoisotopic (exact) mass is 410 g/mol. The van der Waals surface area contributed by atoms with Crippen molar-refractivity contribution < 1.29 is 12.8 Å². The smallest absolute Gasteiger partial charge is 0.262 e. The van der Waals surface area contributed by atoms with E-state index in [9.17, 15) is 17.6 Å². The van der Waals surface area contributed by atoms with Crippen molar-refractivity contribution in [3.63, 3.8) is 0 Å². The third kappa shape index (κ3) is 2.81. The van der Waals surface area contributed by atoms with Crippen molar-refractivity contribution in [2.75, 3.05) is 6.54 Å². The summed E-state index contributed by atoms with van der Waals surface area (Å²) in [6.45, 7) is 0.0779. The molecule has 4 heterocycles. The van der Waals surface area contributed by atoms with Crippen LogP contribution in [0.25, 0.3) is 16.6 Å². The Kier molecular flexibility index (Phi) is 3.97. The SMILES string of the molecule is O=c1c2c(nc3ccc(F)cn13)CCN(S(=O)(=O)c1cccc3cccnc13)C2. The lowest BCUT2D eigenvalue weighted by Crippen LogP contribution is -2.40. The number of aromatic nitrogens is 3. The van der Waals surface area contributed by atoms with Crippen LogP contribution in [0.3, 0.4) is 0 Å². The van der Waals surface area contributed by atoms with Crippen molar-refractivity contribution in [1.82, 2.24) is 18.7 Å². The standard InChI is InChI=1S/C20H15FN4O3S/c21-14-6-7-18-23-16-8-10-24(12-15(16)20(26)25(18)11-14)29(27,28)17-5-1-3-13-4-2-9-22-19(13)17/h1-7,9,11H,8,10,12H2. The molecule has 5 rings (SSSR count). The Morgan fingerprint density at radius 2 is 1.90 bits per heavy atom. The van der Waals surface area contributed by atoms with E-state index < -0.39 is 21.4 Å². The largest absolute Gasteiger partial charge is 0.269 e. The van der Waals surface area contributed by atoms with Crippen molar-refractivity contribution in [3.05, 3.63) is 82.3 Å². The third-order valence-electron chi connectivity index (χ3n) is 5.11. The van der Waals surface area contributed by atoms with E-state index in [1.54, 1.807) is 30.5 Å². The molecule has 29 heavy (non-hydrogen) atoms.